The molecule has 1 N–H and O–H groups in total. The van der Waals surface area contributed by atoms with E-state index in [1.165, 1.54) is 6.20 Å². The summed E-state index contributed by atoms with van der Waals surface area (Å²) in [7, 11) is -1.28. The minimum absolute atomic E-state index is 0.288. The fraction of sp³-hybridized carbons (Fsp3) is 0.273. The molecule has 3 heterocycles. The fourth-order valence-electron chi connectivity index (χ4n) is 3.29. The van der Waals surface area contributed by atoms with E-state index in [4.69, 9.17) is 4.74 Å². The molecule has 0 atom stereocenters. The van der Waals surface area contributed by atoms with Crippen LogP contribution in [-0.2, 0) is 11.3 Å². The zero-order chi connectivity index (χ0) is 22.7. The van der Waals surface area contributed by atoms with E-state index in [2.05, 4.69) is 56.1 Å². The predicted octanol–water partition coefficient (Wildman–Crippen LogP) is 4.50. The topological polar surface area (TPSA) is 86.3 Å². The van der Waals surface area contributed by atoms with Crippen molar-refractivity contribution >= 4 is 41.2 Å². The molecule has 3 aromatic heterocycles. The SMILES string of the molecule is C[Si](C)(C)COCCn1ncc(NC(=O)c2cnn3cccnc23)c1-c1cccc(Br)c1. The third-order valence-corrected chi connectivity index (χ3v) is 6.26. The maximum atomic E-state index is 13.0. The monoisotopic (exact) mass is 512 g/mol. The smallest absolute Gasteiger partial charge is 0.261 e. The Bertz CT molecular complexity index is 1250. The molecule has 0 spiro atoms. The molecular weight excluding hydrogens is 488 g/mol. The van der Waals surface area contributed by atoms with Crippen LogP contribution in [0.1, 0.15) is 10.4 Å². The highest BCUT2D eigenvalue weighted by Crippen LogP contribution is 2.30. The van der Waals surface area contributed by atoms with Crippen molar-refractivity contribution in [2.75, 3.05) is 18.2 Å². The van der Waals surface area contributed by atoms with Gasteiger partial charge in [-0.15, -0.1) is 0 Å². The number of hydrogen-bond donors (Lipinski definition) is 1. The molecule has 32 heavy (non-hydrogen) atoms. The van der Waals surface area contributed by atoms with E-state index < -0.39 is 8.07 Å². The summed E-state index contributed by atoms with van der Waals surface area (Å²) >= 11 is 3.54. The molecule has 10 heteroatoms. The number of halogens is 1. The number of anilines is 1. The van der Waals surface area contributed by atoms with E-state index in [1.54, 1.807) is 29.2 Å². The Morgan fingerprint density at radius 3 is 2.81 bits per heavy atom. The number of nitrogens with one attached hydrogen (secondary N) is 1. The molecule has 0 saturated heterocycles. The molecule has 0 aliphatic rings. The molecule has 8 nitrogen and oxygen atoms in total. The number of nitrogens with zero attached hydrogens (tertiary/aromatic N) is 5. The van der Waals surface area contributed by atoms with Gasteiger partial charge in [-0.1, -0.05) is 47.7 Å². The average molecular weight is 513 g/mol. The molecule has 0 bridgehead atoms. The maximum absolute atomic E-state index is 13.0. The second-order valence-corrected chi connectivity index (χ2v) is 15.0. The van der Waals surface area contributed by atoms with E-state index in [0.717, 1.165) is 22.0 Å². The minimum Gasteiger partial charge on any atom is -0.383 e. The number of ether oxygens (including phenoxy) is 1. The third kappa shape index (κ3) is 5.14. The van der Waals surface area contributed by atoms with Crippen LogP contribution in [0, 0.1) is 0 Å². The van der Waals surface area contributed by atoms with Gasteiger partial charge in [0.15, 0.2) is 5.65 Å². The first-order valence-electron chi connectivity index (χ1n) is 10.3. The molecule has 0 radical (unpaired) electrons. The number of benzene rings is 1. The van der Waals surface area contributed by atoms with Crippen molar-refractivity contribution in [3.8, 4) is 11.3 Å². The number of fused-ring (bicyclic) bond motifs is 1. The number of rotatable bonds is 8. The molecule has 0 fully saturated rings. The van der Waals surface area contributed by atoms with Crippen LogP contribution in [0.4, 0.5) is 5.69 Å². The Labute approximate surface area is 195 Å². The first-order chi connectivity index (χ1) is 15.3. The molecule has 4 rings (SSSR count). The highest BCUT2D eigenvalue weighted by molar-refractivity contribution is 9.10. The summed E-state index contributed by atoms with van der Waals surface area (Å²) in [6.45, 7) is 7.96. The van der Waals surface area contributed by atoms with Crippen LogP contribution in [0.15, 0.2) is 59.6 Å². The number of hydrogen-bond acceptors (Lipinski definition) is 5. The fourth-order valence-corrected chi connectivity index (χ4v) is 4.45. The van der Waals surface area contributed by atoms with E-state index in [0.29, 0.717) is 30.0 Å². The quantitative estimate of drug-likeness (QED) is 0.277. The van der Waals surface area contributed by atoms with Gasteiger partial charge >= 0.3 is 0 Å². The Kier molecular flexibility index (Phi) is 6.54. The summed E-state index contributed by atoms with van der Waals surface area (Å²) in [5.41, 5.74) is 3.28. The minimum atomic E-state index is -1.28. The molecule has 0 aliphatic carbocycles. The lowest BCUT2D eigenvalue weighted by molar-refractivity contribution is 0.102. The molecular formula is C22H25BrN6O2Si. The zero-order valence-electron chi connectivity index (χ0n) is 18.2. The van der Waals surface area contributed by atoms with Gasteiger partial charge in [0.1, 0.15) is 5.56 Å². The summed E-state index contributed by atoms with van der Waals surface area (Å²) in [4.78, 5) is 17.3. The Morgan fingerprint density at radius 2 is 2.03 bits per heavy atom. The summed E-state index contributed by atoms with van der Waals surface area (Å²) in [6, 6.07) is 9.68. The van der Waals surface area contributed by atoms with Crippen LogP contribution in [0.2, 0.25) is 19.6 Å². The number of amides is 1. The normalized spacial score (nSPS) is 11.8. The van der Waals surface area contributed by atoms with Gasteiger partial charge in [-0.05, 0) is 18.2 Å². The summed E-state index contributed by atoms with van der Waals surface area (Å²) in [5.74, 6) is -0.288. The molecule has 0 unspecified atom stereocenters. The lowest BCUT2D eigenvalue weighted by Gasteiger charge is -2.16. The standard InChI is InChI=1S/C22H25BrN6O2Si/c1-32(2,3)15-31-11-10-28-20(16-6-4-7-17(23)12-16)19(14-26-28)27-22(30)18-13-25-29-9-5-8-24-21(18)29/h4-9,12-14H,10-11,15H2,1-3H3,(H,27,30). The highest BCUT2D eigenvalue weighted by Gasteiger charge is 2.20. The average Bonchev–Trinajstić information content (AvgIpc) is 3.34. The van der Waals surface area contributed by atoms with Gasteiger partial charge in [0.25, 0.3) is 5.91 Å². The Hall–Kier alpha value is -2.82. The van der Waals surface area contributed by atoms with Crippen LogP contribution in [0.5, 0.6) is 0 Å². The lowest BCUT2D eigenvalue weighted by atomic mass is 10.1. The van der Waals surface area contributed by atoms with Crippen molar-refractivity contribution in [1.82, 2.24) is 24.4 Å². The summed E-state index contributed by atoms with van der Waals surface area (Å²) < 4.78 is 10.3. The first-order valence-corrected chi connectivity index (χ1v) is 14.8. The third-order valence-electron chi connectivity index (χ3n) is 4.69. The molecule has 0 saturated carbocycles. The van der Waals surface area contributed by atoms with Gasteiger partial charge in [-0.3, -0.25) is 9.48 Å². The maximum Gasteiger partial charge on any atom is 0.261 e. The molecule has 1 amide bonds. The van der Waals surface area contributed by atoms with Gasteiger partial charge < -0.3 is 10.1 Å². The van der Waals surface area contributed by atoms with E-state index in [-0.39, 0.29) is 5.91 Å². The van der Waals surface area contributed by atoms with Crippen LogP contribution in [0.3, 0.4) is 0 Å². The van der Waals surface area contributed by atoms with Crippen molar-refractivity contribution < 1.29 is 9.53 Å². The molecule has 1 aromatic carbocycles. The van der Waals surface area contributed by atoms with Crippen molar-refractivity contribution in [2.45, 2.75) is 26.2 Å². The second kappa shape index (κ2) is 9.35. The number of carbonyl (C=O) groups is 1. The van der Waals surface area contributed by atoms with Crippen molar-refractivity contribution in [3.05, 3.63) is 65.2 Å². The van der Waals surface area contributed by atoms with Crippen LogP contribution in [0.25, 0.3) is 16.9 Å². The van der Waals surface area contributed by atoms with E-state index >= 15 is 0 Å². The van der Waals surface area contributed by atoms with Gasteiger partial charge in [-0.25, -0.2) is 9.50 Å². The van der Waals surface area contributed by atoms with Crippen molar-refractivity contribution in [3.63, 3.8) is 0 Å². The van der Waals surface area contributed by atoms with Gasteiger partial charge in [-0.2, -0.15) is 10.2 Å². The Balaban J connectivity index is 1.61. The number of aromatic nitrogens is 5. The first kappa shape index (κ1) is 22.4. The summed E-state index contributed by atoms with van der Waals surface area (Å²) in [5, 5.41) is 11.7. The van der Waals surface area contributed by atoms with Crippen molar-refractivity contribution in [1.29, 1.82) is 0 Å². The Morgan fingerprint density at radius 1 is 1.19 bits per heavy atom. The molecule has 4 aromatic rings. The van der Waals surface area contributed by atoms with Crippen LogP contribution in [-0.4, -0.2) is 51.2 Å². The zero-order valence-corrected chi connectivity index (χ0v) is 20.8. The lowest BCUT2D eigenvalue weighted by Crippen LogP contribution is -2.29. The van der Waals surface area contributed by atoms with Crippen LogP contribution < -0.4 is 5.32 Å². The largest absolute Gasteiger partial charge is 0.383 e. The van der Waals surface area contributed by atoms with Crippen LogP contribution >= 0.6 is 15.9 Å². The van der Waals surface area contributed by atoms with Gasteiger partial charge in [0.05, 0.1) is 45.0 Å². The van der Waals surface area contributed by atoms with E-state index in [9.17, 15) is 4.79 Å². The predicted molar refractivity (Wildman–Crippen MR) is 130 cm³/mol. The molecule has 0 aliphatic heterocycles. The summed E-state index contributed by atoms with van der Waals surface area (Å²) in [6.07, 6.45) is 7.38. The number of carbonyl (C=O) groups excluding carboxylic acids is 1. The highest BCUT2D eigenvalue weighted by atomic mass is 79.9. The second-order valence-electron chi connectivity index (χ2n) is 8.65. The van der Waals surface area contributed by atoms with Crippen molar-refractivity contribution in [2.24, 2.45) is 0 Å². The molecule has 166 valence electrons. The van der Waals surface area contributed by atoms with Gasteiger partial charge in [0, 0.05) is 28.7 Å². The van der Waals surface area contributed by atoms with Gasteiger partial charge in [0.2, 0.25) is 0 Å². The van der Waals surface area contributed by atoms with E-state index in [1.807, 2.05) is 28.9 Å².